The number of benzene rings is 1. The van der Waals surface area contributed by atoms with E-state index in [0.717, 1.165) is 19.3 Å². The molecule has 1 fully saturated rings. The van der Waals surface area contributed by atoms with E-state index < -0.39 is 5.82 Å². The Balaban J connectivity index is 0.00000180. The van der Waals surface area contributed by atoms with Crippen molar-refractivity contribution < 1.29 is 13.9 Å². The summed E-state index contributed by atoms with van der Waals surface area (Å²) in [6.07, 6.45) is 3.46. The van der Waals surface area contributed by atoms with Gasteiger partial charge in [-0.2, -0.15) is 0 Å². The number of nitrogens with two attached hydrogens (primary N) is 1. The third-order valence-electron chi connectivity index (χ3n) is 2.93. The Morgan fingerprint density at radius 1 is 1.47 bits per heavy atom. The van der Waals surface area contributed by atoms with Crippen LogP contribution < -0.4 is 15.8 Å². The average Bonchev–Trinajstić information content (AvgIpc) is 2.26. The van der Waals surface area contributed by atoms with Crippen LogP contribution >= 0.6 is 12.4 Å². The molecule has 0 unspecified atom stereocenters. The maximum Gasteiger partial charge on any atom is 0.225 e. The summed E-state index contributed by atoms with van der Waals surface area (Å²) in [5.74, 6) is -0.423. The molecule has 0 atom stereocenters. The number of rotatable bonds is 5. The Morgan fingerprint density at radius 2 is 2.21 bits per heavy atom. The molecule has 0 saturated heterocycles. The Hall–Kier alpha value is -1.33. The number of carbonyl (C=O) groups is 1. The van der Waals surface area contributed by atoms with Gasteiger partial charge in [-0.25, -0.2) is 4.39 Å². The molecule has 0 heterocycles. The van der Waals surface area contributed by atoms with E-state index in [2.05, 4.69) is 5.32 Å². The van der Waals surface area contributed by atoms with Gasteiger partial charge in [0.05, 0.1) is 6.10 Å². The van der Waals surface area contributed by atoms with Gasteiger partial charge >= 0.3 is 0 Å². The van der Waals surface area contributed by atoms with Crippen LogP contribution in [0.25, 0.3) is 0 Å². The highest BCUT2D eigenvalue weighted by atomic mass is 35.5. The van der Waals surface area contributed by atoms with Crippen molar-refractivity contribution >= 4 is 24.0 Å². The van der Waals surface area contributed by atoms with E-state index in [9.17, 15) is 9.18 Å². The van der Waals surface area contributed by atoms with Gasteiger partial charge < -0.3 is 15.8 Å². The first kappa shape index (κ1) is 15.7. The molecule has 0 aliphatic heterocycles. The molecule has 1 aromatic rings. The number of carbonyl (C=O) groups excluding carboxylic acids is 1. The first-order valence-electron chi connectivity index (χ1n) is 6.15. The minimum absolute atomic E-state index is 0. The molecule has 106 valence electrons. The maximum absolute atomic E-state index is 13.7. The van der Waals surface area contributed by atoms with Crippen LogP contribution in [0.15, 0.2) is 18.2 Å². The van der Waals surface area contributed by atoms with Crippen molar-refractivity contribution in [3.05, 3.63) is 24.0 Å². The van der Waals surface area contributed by atoms with Crippen molar-refractivity contribution in [3.63, 3.8) is 0 Å². The summed E-state index contributed by atoms with van der Waals surface area (Å²) in [5, 5.41) is 2.58. The number of nitrogens with one attached hydrogen (secondary N) is 1. The molecule has 0 aromatic heterocycles. The zero-order valence-electron chi connectivity index (χ0n) is 10.5. The molecule has 19 heavy (non-hydrogen) atoms. The van der Waals surface area contributed by atoms with Crippen molar-refractivity contribution in [2.45, 2.75) is 31.8 Å². The Bertz CT molecular complexity index is 439. The highest BCUT2D eigenvalue weighted by Crippen LogP contribution is 2.28. The molecule has 0 radical (unpaired) electrons. The van der Waals surface area contributed by atoms with Gasteiger partial charge in [0.2, 0.25) is 5.91 Å². The zero-order chi connectivity index (χ0) is 13.0. The highest BCUT2D eigenvalue weighted by molar-refractivity contribution is 5.90. The highest BCUT2D eigenvalue weighted by Gasteiger charge is 2.20. The number of halogens is 2. The summed E-state index contributed by atoms with van der Waals surface area (Å²) < 4.78 is 19.2. The molecule has 4 nitrogen and oxygen atoms in total. The molecule has 2 rings (SSSR count). The standard InChI is InChI=1S/C13H17FN2O2.ClH/c14-11-8-9(16-13(17)6-7-15)4-5-12(11)18-10-2-1-3-10;/h4-5,8,10H,1-3,6-7,15H2,(H,16,17);1H. The summed E-state index contributed by atoms with van der Waals surface area (Å²) in [6, 6.07) is 4.44. The molecule has 1 amide bonds. The van der Waals surface area contributed by atoms with Crippen molar-refractivity contribution in [1.29, 1.82) is 0 Å². The van der Waals surface area contributed by atoms with E-state index >= 15 is 0 Å². The van der Waals surface area contributed by atoms with E-state index in [4.69, 9.17) is 10.5 Å². The van der Waals surface area contributed by atoms with Crippen LogP contribution in [-0.2, 0) is 4.79 Å². The Labute approximate surface area is 117 Å². The average molecular weight is 289 g/mol. The molecular formula is C13H18ClFN2O2. The van der Waals surface area contributed by atoms with Gasteiger partial charge in [0, 0.05) is 24.7 Å². The summed E-state index contributed by atoms with van der Waals surface area (Å²) >= 11 is 0. The predicted octanol–water partition coefficient (Wildman–Crippen LogP) is 2.47. The lowest BCUT2D eigenvalue weighted by Gasteiger charge is -2.26. The minimum Gasteiger partial charge on any atom is -0.487 e. The molecule has 3 N–H and O–H groups in total. The summed E-state index contributed by atoms with van der Waals surface area (Å²) in [6.45, 7) is 0.275. The van der Waals surface area contributed by atoms with E-state index in [1.165, 1.54) is 6.07 Å². The van der Waals surface area contributed by atoms with Gasteiger partial charge in [0.1, 0.15) is 0 Å². The van der Waals surface area contributed by atoms with Gasteiger partial charge in [-0.15, -0.1) is 12.4 Å². The van der Waals surface area contributed by atoms with Crippen LogP contribution in [0.1, 0.15) is 25.7 Å². The van der Waals surface area contributed by atoms with Crippen LogP contribution in [0.4, 0.5) is 10.1 Å². The molecular weight excluding hydrogens is 271 g/mol. The number of amides is 1. The maximum atomic E-state index is 13.7. The van der Waals surface area contributed by atoms with Gasteiger partial charge in [-0.3, -0.25) is 4.79 Å². The van der Waals surface area contributed by atoms with E-state index in [-0.39, 0.29) is 43.1 Å². The van der Waals surface area contributed by atoms with Crippen molar-refractivity contribution in [3.8, 4) is 5.75 Å². The second kappa shape index (κ2) is 7.31. The lowest BCUT2D eigenvalue weighted by atomic mass is 9.96. The van der Waals surface area contributed by atoms with Crippen LogP contribution in [0.3, 0.4) is 0 Å². The Kier molecular flexibility index (Phi) is 6.05. The first-order chi connectivity index (χ1) is 8.69. The van der Waals surface area contributed by atoms with Crippen LogP contribution in [0.2, 0.25) is 0 Å². The monoisotopic (exact) mass is 288 g/mol. The van der Waals surface area contributed by atoms with Crippen LogP contribution in [-0.4, -0.2) is 18.6 Å². The van der Waals surface area contributed by atoms with E-state index in [1.54, 1.807) is 12.1 Å². The molecule has 1 aliphatic rings. The van der Waals surface area contributed by atoms with E-state index in [0.29, 0.717) is 5.69 Å². The molecule has 1 aromatic carbocycles. The Morgan fingerprint density at radius 3 is 2.74 bits per heavy atom. The van der Waals surface area contributed by atoms with E-state index in [1.807, 2.05) is 0 Å². The zero-order valence-corrected chi connectivity index (χ0v) is 11.3. The quantitative estimate of drug-likeness (QED) is 0.875. The third-order valence-corrected chi connectivity index (χ3v) is 2.93. The van der Waals surface area contributed by atoms with Gasteiger partial charge in [0.15, 0.2) is 11.6 Å². The number of anilines is 1. The van der Waals surface area contributed by atoms with Crippen LogP contribution in [0, 0.1) is 5.82 Å². The first-order valence-corrected chi connectivity index (χ1v) is 6.15. The molecule has 0 spiro atoms. The van der Waals surface area contributed by atoms with Crippen molar-refractivity contribution in [1.82, 2.24) is 0 Å². The fourth-order valence-electron chi connectivity index (χ4n) is 1.70. The van der Waals surface area contributed by atoms with Gasteiger partial charge in [0.25, 0.3) is 0 Å². The van der Waals surface area contributed by atoms with Crippen LogP contribution in [0.5, 0.6) is 5.75 Å². The normalized spacial score (nSPS) is 14.2. The van der Waals surface area contributed by atoms with Crippen molar-refractivity contribution in [2.75, 3.05) is 11.9 Å². The number of hydrogen-bond donors (Lipinski definition) is 2. The second-order valence-corrected chi connectivity index (χ2v) is 4.40. The fourth-order valence-corrected chi connectivity index (χ4v) is 1.70. The summed E-state index contributed by atoms with van der Waals surface area (Å²) in [5.41, 5.74) is 5.68. The summed E-state index contributed by atoms with van der Waals surface area (Å²) in [7, 11) is 0. The number of ether oxygens (including phenoxy) is 1. The lowest BCUT2D eigenvalue weighted by molar-refractivity contribution is -0.116. The molecule has 1 aliphatic carbocycles. The largest absolute Gasteiger partial charge is 0.487 e. The van der Waals surface area contributed by atoms with Gasteiger partial charge in [-0.05, 0) is 31.4 Å². The SMILES string of the molecule is Cl.NCCC(=O)Nc1ccc(OC2CCC2)c(F)c1. The predicted molar refractivity (Wildman–Crippen MR) is 74.2 cm³/mol. The van der Waals surface area contributed by atoms with Crippen molar-refractivity contribution in [2.24, 2.45) is 5.73 Å². The molecule has 6 heteroatoms. The minimum atomic E-state index is -0.451. The third kappa shape index (κ3) is 4.36. The molecule has 1 saturated carbocycles. The fraction of sp³-hybridized carbons (Fsp3) is 0.462. The lowest BCUT2D eigenvalue weighted by Crippen LogP contribution is -2.25. The van der Waals surface area contributed by atoms with Gasteiger partial charge in [-0.1, -0.05) is 0 Å². The topological polar surface area (TPSA) is 64.4 Å². The molecule has 0 bridgehead atoms. The number of hydrogen-bond acceptors (Lipinski definition) is 3. The summed E-state index contributed by atoms with van der Waals surface area (Å²) in [4.78, 5) is 11.3. The smallest absolute Gasteiger partial charge is 0.225 e. The second-order valence-electron chi connectivity index (χ2n) is 4.40.